The van der Waals surface area contributed by atoms with Crippen LogP contribution < -0.4 is 10.5 Å². The van der Waals surface area contributed by atoms with Crippen molar-refractivity contribution in [3.63, 3.8) is 0 Å². The highest BCUT2D eigenvalue weighted by atomic mass is 32.1. The lowest BCUT2D eigenvalue weighted by atomic mass is 9.98. The van der Waals surface area contributed by atoms with Crippen LogP contribution >= 0.6 is 11.3 Å². The molecular weight excluding hydrogens is 384 g/mol. The maximum absolute atomic E-state index is 6.21. The molecule has 29 heavy (non-hydrogen) atoms. The molecule has 5 heterocycles. The normalized spacial score (nSPS) is 24.5. The first-order valence-corrected chi connectivity index (χ1v) is 10.9. The lowest BCUT2D eigenvalue weighted by molar-refractivity contribution is 0.112. The number of furan rings is 1. The van der Waals surface area contributed by atoms with Crippen LogP contribution in [0.3, 0.4) is 0 Å². The SMILES string of the molecule is N[C@H]1C[C@H]2CC[C@@H](C1)N2Cc1cc2cc(Oc3nc4cnccc4s3)ccc2o1. The summed E-state index contributed by atoms with van der Waals surface area (Å²) >= 11 is 1.52. The number of fused-ring (bicyclic) bond motifs is 4. The van der Waals surface area contributed by atoms with Crippen LogP contribution in [0, 0.1) is 0 Å². The van der Waals surface area contributed by atoms with Crippen LogP contribution in [0.5, 0.6) is 10.9 Å². The number of benzene rings is 1. The van der Waals surface area contributed by atoms with Crippen molar-refractivity contribution in [1.82, 2.24) is 14.9 Å². The molecule has 3 aromatic heterocycles. The number of ether oxygens (including phenoxy) is 1. The molecule has 6 rings (SSSR count). The number of rotatable bonds is 4. The molecule has 0 spiro atoms. The first-order valence-electron chi connectivity index (χ1n) is 10.1. The summed E-state index contributed by atoms with van der Waals surface area (Å²) in [5.41, 5.74) is 7.95. The molecule has 0 unspecified atom stereocenters. The van der Waals surface area contributed by atoms with E-state index in [9.17, 15) is 0 Å². The van der Waals surface area contributed by atoms with Gasteiger partial charge in [-0.1, -0.05) is 11.3 Å². The van der Waals surface area contributed by atoms with E-state index >= 15 is 0 Å². The van der Waals surface area contributed by atoms with Gasteiger partial charge in [-0.2, -0.15) is 0 Å². The van der Waals surface area contributed by atoms with Gasteiger partial charge in [-0.05, 0) is 56.0 Å². The van der Waals surface area contributed by atoms with E-state index in [0.29, 0.717) is 23.3 Å². The zero-order chi connectivity index (χ0) is 19.4. The highest BCUT2D eigenvalue weighted by Gasteiger charge is 2.39. The molecule has 2 aliphatic heterocycles. The third-order valence-electron chi connectivity index (χ3n) is 6.17. The van der Waals surface area contributed by atoms with Gasteiger partial charge in [0.05, 0.1) is 17.4 Å². The highest BCUT2D eigenvalue weighted by molar-refractivity contribution is 7.20. The summed E-state index contributed by atoms with van der Waals surface area (Å²) in [5, 5.41) is 1.68. The molecule has 1 aromatic carbocycles. The number of hydrogen-bond acceptors (Lipinski definition) is 7. The minimum Gasteiger partial charge on any atom is -0.460 e. The van der Waals surface area contributed by atoms with E-state index in [1.807, 2.05) is 24.3 Å². The Kier molecular flexibility index (Phi) is 4.07. The van der Waals surface area contributed by atoms with E-state index in [4.69, 9.17) is 14.9 Å². The average molecular weight is 407 g/mol. The Bertz CT molecular complexity index is 1140. The lowest BCUT2D eigenvalue weighted by Gasteiger charge is -2.37. The molecule has 2 fully saturated rings. The van der Waals surface area contributed by atoms with Gasteiger partial charge in [0.25, 0.3) is 5.19 Å². The average Bonchev–Trinajstić information content (AvgIpc) is 3.36. The molecule has 2 N–H and O–H groups in total. The molecule has 4 aromatic rings. The van der Waals surface area contributed by atoms with E-state index in [1.165, 1.54) is 24.2 Å². The van der Waals surface area contributed by atoms with Crippen LogP contribution in [0.25, 0.3) is 21.2 Å². The molecule has 148 valence electrons. The summed E-state index contributed by atoms with van der Waals surface area (Å²) in [5.74, 6) is 1.77. The first-order chi connectivity index (χ1) is 14.2. The van der Waals surface area contributed by atoms with E-state index in [-0.39, 0.29) is 0 Å². The number of pyridine rings is 1. The van der Waals surface area contributed by atoms with Crippen molar-refractivity contribution >= 4 is 32.5 Å². The lowest BCUT2D eigenvalue weighted by Crippen LogP contribution is -2.46. The minimum atomic E-state index is 0.359. The summed E-state index contributed by atoms with van der Waals surface area (Å²) in [7, 11) is 0. The second-order valence-corrected chi connectivity index (χ2v) is 9.12. The Hall–Kier alpha value is -2.48. The first kappa shape index (κ1) is 17.4. The molecule has 2 bridgehead atoms. The minimum absolute atomic E-state index is 0.359. The third kappa shape index (κ3) is 3.19. The van der Waals surface area contributed by atoms with Crippen LogP contribution in [0.15, 0.2) is 47.1 Å². The Morgan fingerprint density at radius 3 is 2.86 bits per heavy atom. The van der Waals surface area contributed by atoms with Crippen LogP contribution in [0.4, 0.5) is 0 Å². The van der Waals surface area contributed by atoms with E-state index in [1.54, 1.807) is 12.4 Å². The van der Waals surface area contributed by atoms with Crippen molar-refractivity contribution in [2.75, 3.05) is 0 Å². The van der Waals surface area contributed by atoms with Gasteiger partial charge in [-0.3, -0.25) is 9.88 Å². The summed E-state index contributed by atoms with van der Waals surface area (Å²) < 4.78 is 13.2. The van der Waals surface area contributed by atoms with Gasteiger partial charge in [-0.15, -0.1) is 0 Å². The van der Waals surface area contributed by atoms with Crippen molar-refractivity contribution < 1.29 is 9.15 Å². The third-order valence-corrected chi connectivity index (χ3v) is 7.09. The van der Waals surface area contributed by atoms with E-state index in [2.05, 4.69) is 20.9 Å². The zero-order valence-electron chi connectivity index (χ0n) is 16.0. The standard InChI is InChI=1S/C22H22N4O2S/c23-14-9-15-1-2-16(10-14)26(15)12-18-8-13-7-17(3-4-20(13)27-18)28-22-25-19-11-24-6-5-21(19)29-22/h3-8,11,14-16H,1-2,9-10,12,23H2/t14-,15+,16-. The maximum atomic E-state index is 6.21. The van der Waals surface area contributed by atoms with Gasteiger partial charge in [0.1, 0.15) is 22.6 Å². The zero-order valence-corrected chi connectivity index (χ0v) is 16.8. The number of aromatic nitrogens is 2. The molecule has 0 radical (unpaired) electrons. The number of nitrogens with zero attached hydrogens (tertiary/aromatic N) is 3. The van der Waals surface area contributed by atoms with Gasteiger partial charge in [0, 0.05) is 29.7 Å². The van der Waals surface area contributed by atoms with Gasteiger partial charge in [0.2, 0.25) is 0 Å². The topological polar surface area (TPSA) is 77.4 Å². The van der Waals surface area contributed by atoms with Crippen LogP contribution in [0.2, 0.25) is 0 Å². The Morgan fingerprint density at radius 2 is 2.03 bits per heavy atom. The summed E-state index contributed by atoms with van der Waals surface area (Å²) in [6.07, 6.45) is 8.25. The second kappa shape index (κ2) is 6.79. The van der Waals surface area contributed by atoms with Crippen molar-refractivity contribution in [2.45, 2.75) is 50.4 Å². The van der Waals surface area contributed by atoms with Crippen LogP contribution in [0.1, 0.15) is 31.4 Å². The Labute approximate surface area is 172 Å². The quantitative estimate of drug-likeness (QED) is 0.530. The molecule has 0 saturated carbocycles. The number of piperidine rings is 1. The fourth-order valence-electron chi connectivity index (χ4n) is 4.88. The molecule has 0 aliphatic carbocycles. The van der Waals surface area contributed by atoms with Crippen LogP contribution in [-0.4, -0.2) is 33.0 Å². The number of nitrogens with two attached hydrogens (primary N) is 1. The smallest absolute Gasteiger partial charge is 0.279 e. The Morgan fingerprint density at radius 1 is 1.17 bits per heavy atom. The molecule has 0 amide bonds. The Balaban J connectivity index is 1.23. The number of hydrogen-bond donors (Lipinski definition) is 1. The monoisotopic (exact) mass is 406 g/mol. The second-order valence-electron chi connectivity index (χ2n) is 8.13. The molecule has 3 atom stereocenters. The van der Waals surface area contributed by atoms with Crippen molar-refractivity contribution in [1.29, 1.82) is 0 Å². The van der Waals surface area contributed by atoms with Gasteiger partial charge in [0.15, 0.2) is 0 Å². The van der Waals surface area contributed by atoms with Gasteiger partial charge < -0.3 is 14.9 Å². The van der Waals surface area contributed by atoms with Crippen LogP contribution in [-0.2, 0) is 6.54 Å². The molecular formula is C22H22N4O2S. The van der Waals surface area contributed by atoms with Crippen molar-refractivity contribution in [3.05, 3.63) is 48.5 Å². The van der Waals surface area contributed by atoms with Gasteiger partial charge in [-0.25, -0.2) is 4.98 Å². The molecule has 2 saturated heterocycles. The summed E-state index contributed by atoms with van der Waals surface area (Å²) in [6, 6.07) is 11.6. The van der Waals surface area contributed by atoms with Crippen molar-refractivity contribution in [3.8, 4) is 10.9 Å². The summed E-state index contributed by atoms with van der Waals surface area (Å²) in [6.45, 7) is 0.859. The largest absolute Gasteiger partial charge is 0.460 e. The van der Waals surface area contributed by atoms with Crippen molar-refractivity contribution in [2.24, 2.45) is 5.73 Å². The molecule has 6 nitrogen and oxygen atoms in total. The fraction of sp³-hybridized carbons (Fsp3) is 0.364. The number of thiazole rings is 1. The fourth-order valence-corrected chi connectivity index (χ4v) is 5.68. The summed E-state index contributed by atoms with van der Waals surface area (Å²) in [4.78, 5) is 11.2. The van der Waals surface area contributed by atoms with E-state index < -0.39 is 0 Å². The predicted molar refractivity (Wildman–Crippen MR) is 113 cm³/mol. The van der Waals surface area contributed by atoms with E-state index in [0.717, 1.165) is 52.1 Å². The highest BCUT2D eigenvalue weighted by Crippen LogP contribution is 2.37. The molecule has 7 heteroatoms. The maximum Gasteiger partial charge on any atom is 0.279 e. The predicted octanol–water partition coefficient (Wildman–Crippen LogP) is 4.68. The molecule has 2 aliphatic rings. The van der Waals surface area contributed by atoms with Gasteiger partial charge >= 0.3 is 0 Å².